The molecule has 1 aliphatic rings. The summed E-state index contributed by atoms with van der Waals surface area (Å²) in [6.45, 7) is 0.838. The number of hydrogen-bond donors (Lipinski definition) is 1. The van der Waals surface area contributed by atoms with E-state index >= 15 is 0 Å². The Morgan fingerprint density at radius 2 is 1.88 bits per heavy atom. The highest BCUT2D eigenvalue weighted by Gasteiger charge is 2.26. The Balaban J connectivity index is 2.66. The second-order valence-corrected chi connectivity index (χ2v) is 6.88. The van der Waals surface area contributed by atoms with Crippen molar-refractivity contribution in [1.82, 2.24) is 4.90 Å². The van der Waals surface area contributed by atoms with Crippen molar-refractivity contribution in [2.24, 2.45) is 5.73 Å². The number of sulfone groups is 1. The van der Waals surface area contributed by atoms with E-state index in [-0.39, 0.29) is 11.9 Å². The summed E-state index contributed by atoms with van der Waals surface area (Å²) in [6.07, 6.45) is 6.44. The van der Waals surface area contributed by atoms with Crippen molar-refractivity contribution >= 4 is 15.7 Å². The van der Waals surface area contributed by atoms with Crippen LogP contribution in [0.15, 0.2) is 0 Å². The molecule has 5 nitrogen and oxygen atoms in total. The molecule has 17 heavy (non-hydrogen) atoms. The summed E-state index contributed by atoms with van der Waals surface area (Å²) in [5.41, 5.74) is 5.49. The summed E-state index contributed by atoms with van der Waals surface area (Å²) in [7, 11) is -3.26. The third kappa shape index (κ3) is 5.04. The first-order valence-electron chi connectivity index (χ1n) is 6.11. The van der Waals surface area contributed by atoms with Crippen molar-refractivity contribution in [2.75, 3.05) is 25.1 Å². The van der Waals surface area contributed by atoms with Gasteiger partial charge in [0, 0.05) is 25.4 Å². The quantitative estimate of drug-likeness (QED) is 0.765. The molecule has 6 heteroatoms. The van der Waals surface area contributed by atoms with Gasteiger partial charge in [-0.2, -0.15) is 0 Å². The van der Waals surface area contributed by atoms with Crippen LogP contribution < -0.4 is 5.73 Å². The number of hydrogen-bond acceptors (Lipinski definition) is 4. The molecular formula is C11H22N2O3S. The van der Waals surface area contributed by atoms with Crippen molar-refractivity contribution in [1.29, 1.82) is 0 Å². The van der Waals surface area contributed by atoms with Gasteiger partial charge in [0.05, 0.1) is 0 Å². The van der Waals surface area contributed by atoms with E-state index in [4.69, 9.17) is 5.73 Å². The van der Waals surface area contributed by atoms with Crippen LogP contribution in [0.25, 0.3) is 0 Å². The zero-order valence-electron chi connectivity index (χ0n) is 10.4. The summed E-state index contributed by atoms with van der Waals surface area (Å²) in [5.74, 6) is -0.700. The van der Waals surface area contributed by atoms with E-state index in [1.54, 1.807) is 4.90 Å². The van der Waals surface area contributed by atoms with Crippen molar-refractivity contribution in [3.8, 4) is 0 Å². The Hall–Kier alpha value is -0.620. The van der Waals surface area contributed by atoms with Crippen LogP contribution in [0, 0.1) is 0 Å². The lowest BCUT2D eigenvalue weighted by Gasteiger charge is -2.34. The minimum absolute atomic E-state index is 0.182. The topological polar surface area (TPSA) is 80.5 Å². The van der Waals surface area contributed by atoms with Crippen LogP contribution in [0.4, 0.5) is 0 Å². The van der Waals surface area contributed by atoms with Crippen LogP contribution in [-0.4, -0.2) is 50.4 Å². The molecule has 2 N–H and O–H groups in total. The first-order valence-corrected chi connectivity index (χ1v) is 8.17. The summed E-state index contributed by atoms with van der Waals surface area (Å²) >= 11 is 0. The van der Waals surface area contributed by atoms with Gasteiger partial charge < -0.3 is 10.6 Å². The van der Waals surface area contributed by atoms with Crippen LogP contribution in [0.2, 0.25) is 0 Å². The minimum Gasteiger partial charge on any atom is -0.338 e. The van der Waals surface area contributed by atoms with Gasteiger partial charge >= 0.3 is 0 Å². The highest BCUT2D eigenvalue weighted by Crippen LogP contribution is 2.22. The molecule has 0 spiro atoms. The van der Waals surface area contributed by atoms with Gasteiger partial charge in [0.25, 0.3) is 0 Å². The Morgan fingerprint density at radius 1 is 1.29 bits per heavy atom. The first-order chi connectivity index (χ1) is 7.94. The number of nitrogens with zero attached hydrogens (tertiary/aromatic N) is 1. The lowest BCUT2D eigenvalue weighted by Crippen LogP contribution is -2.46. The molecule has 1 amide bonds. The SMILES string of the molecule is CS(=O)(=O)CC(=O)N(CCN)C1CCCCC1. The van der Waals surface area contributed by atoms with Crippen LogP contribution in [0.5, 0.6) is 0 Å². The Bertz CT molecular complexity index is 348. The van der Waals surface area contributed by atoms with E-state index in [0.29, 0.717) is 13.1 Å². The van der Waals surface area contributed by atoms with Crippen LogP contribution in [0.1, 0.15) is 32.1 Å². The minimum atomic E-state index is -3.26. The molecule has 0 aliphatic heterocycles. The van der Waals surface area contributed by atoms with Crippen molar-refractivity contribution in [2.45, 2.75) is 38.1 Å². The molecule has 1 rings (SSSR count). The highest BCUT2D eigenvalue weighted by atomic mass is 32.2. The van der Waals surface area contributed by atoms with Crippen LogP contribution >= 0.6 is 0 Å². The van der Waals surface area contributed by atoms with E-state index in [1.807, 2.05) is 0 Å². The van der Waals surface area contributed by atoms with Gasteiger partial charge in [-0.15, -0.1) is 0 Å². The Morgan fingerprint density at radius 3 is 2.35 bits per heavy atom. The number of carbonyl (C=O) groups is 1. The van der Waals surface area contributed by atoms with Crippen LogP contribution in [0.3, 0.4) is 0 Å². The molecule has 0 aromatic rings. The van der Waals surface area contributed by atoms with Crippen molar-refractivity contribution in [3.05, 3.63) is 0 Å². The van der Waals surface area contributed by atoms with Crippen LogP contribution in [-0.2, 0) is 14.6 Å². The maximum absolute atomic E-state index is 11.9. The summed E-state index contributed by atoms with van der Waals surface area (Å²) in [6, 6.07) is 0.182. The zero-order chi connectivity index (χ0) is 12.9. The average molecular weight is 262 g/mol. The van der Waals surface area contributed by atoms with Gasteiger partial charge in [0.1, 0.15) is 5.75 Å². The van der Waals surface area contributed by atoms with E-state index in [9.17, 15) is 13.2 Å². The Kier molecular flexibility index (Phi) is 5.39. The van der Waals surface area contributed by atoms with E-state index in [1.165, 1.54) is 6.42 Å². The third-order valence-corrected chi connectivity index (χ3v) is 3.86. The molecule has 0 aromatic carbocycles. The molecule has 0 aromatic heterocycles. The number of carbonyl (C=O) groups excluding carboxylic acids is 1. The summed E-state index contributed by atoms with van der Waals surface area (Å²) in [4.78, 5) is 13.6. The van der Waals surface area contributed by atoms with E-state index in [0.717, 1.165) is 31.9 Å². The molecule has 0 bridgehead atoms. The molecule has 1 fully saturated rings. The smallest absolute Gasteiger partial charge is 0.238 e. The maximum Gasteiger partial charge on any atom is 0.238 e. The number of rotatable bonds is 5. The molecule has 0 unspecified atom stereocenters. The third-order valence-electron chi connectivity index (χ3n) is 3.09. The van der Waals surface area contributed by atoms with Gasteiger partial charge in [-0.05, 0) is 12.8 Å². The maximum atomic E-state index is 11.9. The monoisotopic (exact) mass is 262 g/mol. The molecule has 0 saturated heterocycles. The molecule has 0 atom stereocenters. The molecule has 0 radical (unpaired) electrons. The van der Waals surface area contributed by atoms with Crippen molar-refractivity contribution < 1.29 is 13.2 Å². The molecular weight excluding hydrogens is 240 g/mol. The predicted octanol–water partition coefficient (Wildman–Crippen LogP) is 0.151. The fourth-order valence-corrected chi connectivity index (χ4v) is 2.96. The fraction of sp³-hybridized carbons (Fsp3) is 0.909. The molecule has 1 saturated carbocycles. The second-order valence-electron chi connectivity index (χ2n) is 4.74. The van der Waals surface area contributed by atoms with Gasteiger partial charge in [0.2, 0.25) is 5.91 Å². The number of nitrogens with two attached hydrogens (primary N) is 1. The summed E-state index contributed by atoms with van der Waals surface area (Å²) < 4.78 is 22.3. The average Bonchev–Trinajstić information content (AvgIpc) is 2.24. The fourth-order valence-electron chi connectivity index (χ4n) is 2.35. The van der Waals surface area contributed by atoms with E-state index in [2.05, 4.69) is 0 Å². The number of amides is 1. The highest BCUT2D eigenvalue weighted by molar-refractivity contribution is 7.91. The molecule has 100 valence electrons. The predicted molar refractivity (Wildman–Crippen MR) is 67.4 cm³/mol. The summed E-state index contributed by atoms with van der Waals surface area (Å²) in [5, 5.41) is 0. The van der Waals surface area contributed by atoms with E-state index < -0.39 is 15.6 Å². The van der Waals surface area contributed by atoms with Gasteiger partial charge in [-0.3, -0.25) is 4.79 Å². The lowest BCUT2D eigenvalue weighted by molar-refractivity contribution is -0.131. The molecule has 1 aliphatic carbocycles. The second kappa shape index (κ2) is 6.35. The first kappa shape index (κ1) is 14.4. The normalized spacial score (nSPS) is 18.0. The van der Waals surface area contributed by atoms with Gasteiger partial charge in [0.15, 0.2) is 9.84 Å². The van der Waals surface area contributed by atoms with Gasteiger partial charge in [-0.1, -0.05) is 19.3 Å². The lowest BCUT2D eigenvalue weighted by atomic mass is 9.94. The zero-order valence-corrected chi connectivity index (χ0v) is 11.2. The van der Waals surface area contributed by atoms with Gasteiger partial charge in [-0.25, -0.2) is 8.42 Å². The Labute approximate surface area is 103 Å². The van der Waals surface area contributed by atoms with Crippen molar-refractivity contribution in [3.63, 3.8) is 0 Å². The molecule has 0 heterocycles. The standard InChI is InChI=1S/C11H22N2O3S/c1-17(15,16)9-11(14)13(8-7-12)10-5-3-2-4-6-10/h10H,2-9,12H2,1H3. The largest absolute Gasteiger partial charge is 0.338 e.